The number of anilines is 1. The first-order valence-electron chi connectivity index (χ1n) is 4.28. The van der Waals surface area contributed by atoms with Gasteiger partial charge in [-0.2, -0.15) is 0 Å². The molecule has 0 aliphatic rings. The fourth-order valence-electron chi connectivity index (χ4n) is 1.14. The first-order valence-corrected chi connectivity index (χ1v) is 4.28. The summed E-state index contributed by atoms with van der Waals surface area (Å²) in [5, 5.41) is 0. The van der Waals surface area contributed by atoms with Gasteiger partial charge in [0.15, 0.2) is 0 Å². The molecule has 0 amide bonds. The summed E-state index contributed by atoms with van der Waals surface area (Å²) in [7, 11) is 0. The summed E-state index contributed by atoms with van der Waals surface area (Å²) >= 11 is 0. The Morgan fingerprint density at radius 2 is 2.00 bits per heavy atom. The molecule has 1 rings (SSSR count). The summed E-state index contributed by atoms with van der Waals surface area (Å²) in [5.41, 5.74) is 7.68. The van der Waals surface area contributed by atoms with Crippen molar-refractivity contribution in [2.24, 2.45) is 0 Å². The SMILES string of the molecule is CCOc1cc(N)cc(CC)c1. The Labute approximate surface area is 73.3 Å². The minimum absolute atomic E-state index is 0.687. The molecule has 2 N–H and O–H groups in total. The molecule has 0 aliphatic heterocycles. The van der Waals surface area contributed by atoms with E-state index in [2.05, 4.69) is 6.92 Å². The summed E-state index contributed by atoms with van der Waals surface area (Å²) in [6.45, 7) is 4.76. The molecule has 12 heavy (non-hydrogen) atoms. The Morgan fingerprint density at radius 3 is 2.58 bits per heavy atom. The van der Waals surface area contributed by atoms with Gasteiger partial charge in [0.2, 0.25) is 0 Å². The maximum absolute atomic E-state index is 5.69. The number of nitrogens with two attached hydrogens (primary N) is 1. The Bertz CT molecular complexity index is 258. The van der Waals surface area contributed by atoms with Crippen LogP contribution in [0.1, 0.15) is 19.4 Å². The second-order valence-corrected chi connectivity index (χ2v) is 2.70. The molecule has 0 bridgehead atoms. The zero-order valence-electron chi connectivity index (χ0n) is 7.63. The average Bonchev–Trinajstić information content (AvgIpc) is 2.04. The van der Waals surface area contributed by atoms with Gasteiger partial charge in [0.05, 0.1) is 6.61 Å². The molecule has 0 atom stereocenters. The maximum Gasteiger partial charge on any atom is 0.121 e. The highest BCUT2D eigenvalue weighted by molar-refractivity contribution is 5.47. The second kappa shape index (κ2) is 4.00. The Morgan fingerprint density at radius 1 is 1.25 bits per heavy atom. The van der Waals surface area contributed by atoms with E-state index in [0.29, 0.717) is 6.61 Å². The van der Waals surface area contributed by atoms with Crippen LogP contribution in [-0.2, 0) is 6.42 Å². The topological polar surface area (TPSA) is 35.2 Å². The molecular formula is C10H15NO. The van der Waals surface area contributed by atoms with Crippen molar-refractivity contribution in [3.8, 4) is 5.75 Å². The van der Waals surface area contributed by atoms with Crippen molar-refractivity contribution < 1.29 is 4.74 Å². The number of aryl methyl sites for hydroxylation is 1. The monoisotopic (exact) mass is 165 g/mol. The minimum atomic E-state index is 0.687. The van der Waals surface area contributed by atoms with Gasteiger partial charge in [0, 0.05) is 11.8 Å². The third-order valence-electron chi connectivity index (χ3n) is 1.71. The predicted molar refractivity (Wildman–Crippen MR) is 51.4 cm³/mol. The number of rotatable bonds is 3. The molecule has 0 unspecified atom stereocenters. The van der Waals surface area contributed by atoms with Crippen LogP contribution in [0, 0.1) is 0 Å². The van der Waals surface area contributed by atoms with Gasteiger partial charge in [-0.3, -0.25) is 0 Å². The van der Waals surface area contributed by atoms with E-state index >= 15 is 0 Å². The summed E-state index contributed by atoms with van der Waals surface area (Å²) in [5.74, 6) is 0.870. The van der Waals surface area contributed by atoms with E-state index in [0.717, 1.165) is 17.9 Å². The molecule has 0 spiro atoms. The fourth-order valence-corrected chi connectivity index (χ4v) is 1.14. The quantitative estimate of drug-likeness (QED) is 0.697. The van der Waals surface area contributed by atoms with E-state index in [1.165, 1.54) is 5.56 Å². The normalized spacial score (nSPS) is 9.83. The Kier molecular flexibility index (Phi) is 2.97. The largest absolute Gasteiger partial charge is 0.494 e. The zero-order chi connectivity index (χ0) is 8.97. The van der Waals surface area contributed by atoms with Gasteiger partial charge in [-0.1, -0.05) is 6.92 Å². The lowest BCUT2D eigenvalue weighted by Gasteiger charge is -2.06. The standard InChI is InChI=1S/C10H15NO/c1-3-8-5-9(11)7-10(6-8)12-4-2/h5-7H,3-4,11H2,1-2H3. The molecule has 2 nitrogen and oxygen atoms in total. The molecule has 0 radical (unpaired) electrons. The van der Waals surface area contributed by atoms with Gasteiger partial charge in [0.25, 0.3) is 0 Å². The zero-order valence-corrected chi connectivity index (χ0v) is 7.63. The molecule has 0 aliphatic carbocycles. The first-order chi connectivity index (χ1) is 5.76. The van der Waals surface area contributed by atoms with Crippen molar-refractivity contribution in [2.45, 2.75) is 20.3 Å². The van der Waals surface area contributed by atoms with E-state index in [9.17, 15) is 0 Å². The molecule has 0 saturated heterocycles. The Balaban J connectivity index is 2.90. The van der Waals surface area contributed by atoms with Crippen LogP contribution in [0.25, 0.3) is 0 Å². The third kappa shape index (κ3) is 2.16. The highest BCUT2D eigenvalue weighted by Gasteiger charge is 1.96. The van der Waals surface area contributed by atoms with Crippen molar-refractivity contribution in [3.05, 3.63) is 23.8 Å². The number of hydrogen-bond donors (Lipinski definition) is 1. The smallest absolute Gasteiger partial charge is 0.121 e. The van der Waals surface area contributed by atoms with Crippen molar-refractivity contribution in [1.82, 2.24) is 0 Å². The number of benzene rings is 1. The number of nitrogen functional groups attached to an aromatic ring is 1. The number of hydrogen-bond acceptors (Lipinski definition) is 2. The van der Waals surface area contributed by atoms with Crippen molar-refractivity contribution in [3.63, 3.8) is 0 Å². The molecule has 0 fully saturated rings. The number of ether oxygens (including phenoxy) is 1. The summed E-state index contributed by atoms with van der Waals surface area (Å²) in [4.78, 5) is 0. The van der Waals surface area contributed by atoms with E-state index in [1.807, 2.05) is 25.1 Å². The molecule has 2 heteroatoms. The molecule has 66 valence electrons. The van der Waals surface area contributed by atoms with Crippen molar-refractivity contribution in [1.29, 1.82) is 0 Å². The second-order valence-electron chi connectivity index (χ2n) is 2.70. The van der Waals surface area contributed by atoms with Crippen LogP contribution in [0.5, 0.6) is 5.75 Å². The fraction of sp³-hybridized carbons (Fsp3) is 0.400. The van der Waals surface area contributed by atoms with Gasteiger partial charge in [0.1, 0.15) is 5.75 Å². The molecule has 0 saturated carbocycles. The van der Waals surface area contributed by atoms with E-state index in [-0.39, 0.29) is 0 Å². The lowest BCUT2D eigenvalue weighted by molar-refractivity contribution is 0.340. The van der Waals surface area contributed by atoms with Gasteiger partial charge < -0.3 is 10.5 Å². The average molecular weight is 165 g/mol. The van der Waals surface area contributed by atoms with Crippen LogP contribution in [0.4, 0.5) is 5.69 Å². The van der Waals surface area contributed by atoms with Crippen LogP contribution in [0.15, 0.2) is 18.2 Å². The van der Waals surface area contributed by atoms with E-state index in [1.54, 1.807) is 0 Å². The van der Waals surface area contributed by atoms with Crippen LogP contribution >= 0.6 is 0 Å². The van der Waals surface area contributed by atoms with Crippen LogP contribution in [-0.4, -0.2) is 6.61 Å². The molecular weight excluding hydrogens is 150 g/mol. The Hall–Kier alpha value is -1.18. The van der Waals surface area contributed by atoms with Crippen LogP contribution in [0.3, 0.4) is 0 Å². The van der Waals surface area contributed by atoms with E-state index < -0.39 is 0 Å². The minimum Gasteiger partial charge on any atom is -0.494 e. The molecule has 0 heterocycles. The molecule has 0 aromatic heterocycles. The highest BCUT2D eigenvalue weighted by atomic mass is 16.5. The lowest BCUT2D eigenvalue weighted by Crippen LogP contribution is -1.95. The summed E-state index contributed by atoms with van der Waals surface area (Å²) < 4.78 is 5.35. The maximum atomic E-state index is 5.69. The van der Waals surface area contributed by atoms with Gasteiger partial charge in [-0.05, 0) is 31.0 Å². The van der Waals surface area contributed by atoms with E-state index in [4.69, 9.17) is 10.5 Å². The van der Waals surface area contributed by atoms with Gasteiger partial charge >= 0.3 is 0 Å². The van der Waals surface area contributed by atoms with Crippen LogP contribution < -0.4 is 10.5 Å². The third-order valence-corrected chi connectivity index (χ3v) is 1.71. The van der Waals surface area contributed by atoms with Crippen molar-refractivity contribution in [2.75, 3.05) is 12.3 Å². The lowest BCUT2D eigenvalue weighted by atomic mass is 10.1. The highest BCUT2D eigenvalue weighted by Crippen LogP contribution is 2.18. The molecule has 1 aromatic rings. The van der Waals surface area contributed by atoms with Crippen LogP contribution in [0.2, 0.25) is 0 Å². The van der Waals surface area contributed by atoms with Gasteiger partial charge in [-0.15, -0.1) is 0 Å². The molecule has 1 aromatic carbocycles. The summed E-state index contributed by atoms with van der Waals surface area (Å²) in [6, 6.07) is 5.85. The van der Waals surface area contributed by atoms with Crippen molar-refractivity contribution >= 4 is 5.69 Å². The van der Waals surface area contributed by atoms with Gasteiger partial charge in [-0.25, -0.2) is 0 Å². The predicted octanol–water partition coefficient (Wildman–Crippen LogP) is 2.23. The first kappa shape index (κ1) is 8.91. The summed E-state index contributed by atoms with van der Waals surface area (Å²) in [6.07, 6.45) is 0.991.